The van der Waals surface area contributed by atoms with Crippen LogP contribution in [0.3, 0.4) is 0 Å². The van der Waals surface area contributed by atoms with E-state index in [1.807, 2.05) is 12.1 Å². The summed E-state index contributed by atoms with van der Waals surface area (Å²) in [6.07, 6.45) is 0. The first-order valence-electron chi connectivity index (χ1n) is 3.81. The van der Waals surface area contributed by atoms with E-state index in [1.54, 1.807) is 0 Å². The quantitative estimate of drug-likeness (QED) is 0.546. The Morgan fingerprint density at radius 1 is 1.45 bits per heavy atom. The first kappa shape index (κ1) is 6.71. The average molecular weight is 146 g/mol. The van der Waals surface area contributed by atoms with E-state index < -0.39 is 0 Å². The second-order valence-corrected chi connectivity index (χ2v) is 2.93. The number of hydrogen-bond acceptors (Lipinski definition) is 1. The van der Waals surface area contributed by atoms with Gasteiger partial charge in [-0.2, -0.15) is 0 Å². The summed E-state index contributed by atoms with van der Waals surface area (Å²) in [7, 11) is 0. The molecule has 1 heteroatoms. The largest absolute Gasteiger partial charge is 0.477 e. The Hall–Kier alpha value is -0.980. The minimum Gasteiger partial charge on any atom is -0.477 e. The lowest BCUT2D eigenvalue weighted by atomic mass is 9.99. The van der Waals surface area contributed by atoms with Crippen molar-refractivity contribution in [1.82, 2.24) is 0 Å². The van der Waals surface area contributed by atoms with Gasteiger partial charge in [0.15, 0.2) is 0 Å². The van der Waals surface area contributed by atoms with Crippen molar-refractivity contribution >= 4 is 0 Å². The van der Waals surface area contributed by atoms with Crippen LogP contribution in [0.1, 0.15) is 24.0 Å². The molecule has 0 aromatic heterocycles. The normalized spacial score (nSPS) is 21.1. The summed E-state index contributed by atoms with van der Waals surface area (Å²) < 4.78 is 5.24. The van der Waals surface area contributed by atoms with E-state index in [1.165, 1.54) is 11.1 Å². The molecular formula is C10H10O. The predicted molar refractivity (Wildman–Crippen MR) is 43.5 cm³/mol. The van der Waals surface area contributed by atoms with Gasteiger partial charge in [-0.15, -0.1) is 0 Å². The van der Waals surface area contributed by atoms with E-state index in [0.717, 1.165) is 5.75 Å². The Labute approximate surface area is 67.0 Å². The molecule has 1 aliphatic rings. The summed E-state index contributed by atoms with van der Waals surface area (Å²) >= 11 is 0. The van der Waals surface area contributed by atoms with Crippen molar-refractivity contribution in [3.05, 3.63) is 35.9 Å². The van der Waals surface area contributed by atoms with E-state index in [2.05, 4.69) is 26.5 Å². The Morgan fingerprint density at radius 2 is 2.27 bits per heavy atom. The van der Waals surface area contributed by atoms with Crippen molar-refractivity contribution < 1.29 is 4.74 Å². The second-order valence-electron chi connectivity index (χ2n) is 2.93. The molecule has 0 saturated carbocycles. The van der Waals surface area contributed by atoms with E-state index in [-0.39, 0.29) is 0 Å². The van der Waals surface area contributed by atoms with Crippen LogP contribution in [-0.4, -0.2) is 0 Å². The maximum Gasteiger partial charge on any atom is 0.204 e. The van der Waals surface area contributed by atoms with Gasteiger partial charge in [0.25, 0.3) is 0 Å². The molecule has 0 fully saturated rings. The first-order chi connectivity index (χ1) is 5.29. The highest BCUT2D eigenvalue weighted by atomic mass is 16.5. The zero-order valence-corrected chi connectivity index (χ0v) is 6.72. The molecule has 1 aromatic rings. The molecule has 0 bridgehead atoms. The van der Waals surface area contributed by atoms with Crippen LogP contribution in [0.15, 0.2) is 18.2 Å². The highest BCUT2D eigenvalue weighted by molar-refractivity contribution is 5.46. The summed E-state index contributed by atoms with van der Waals surface area (Å²) in [5.74, 6) is 1.30. The van der Waals surface area contributed by atoms with Gasteiger partial charge in [0, 0.05) is 11.5 Å². The molecule has 11 heavy (non-hydrogen) atoms. The van der Waals surface area contributed by atoms with Crippen molar-refractivity contribution in [2.45, 2.75) is 19.8 Å². The van der Waals surface area contributed by atoms with E-state index in [9.17, 15) is 0 Å². The van der Waals surface area contributed by atoms with Gasteiger partial charge in [-0.25, -0.2) is 0 Å². The maximum absolute atomic E-state index is 5.24. The van der Waals surface area contributed by atoms with Crippen molar-refractivity contribution in [3.63, 3.8) is 0 Å². The summed E-state index contributed by atoms with van der Waals surface area (Å²) in [6, 6.07) is 6.10. The second kappa shape index (κ2) is 2.26. The van der Waals surface area contributed by atoms with Crippen LogP contribution in [0.25, 0.3) is 0 Å². The van der Waals surface area contributed by atoms with Gasteiger partial charge in [-0.1, -0.05) is 19.1 Å². The third-order valence-electron chi connectivity index (χ3n) is 2.06. The number of ether oxygens (including phenoxy) is 1. The third-order valence-corrected chi connectivity index (χ3v) is 2.06. The lowest BCUT2D eigenvalue weighted by Crippen LogP contribution is -1.88. The molecule has 0 spiro atoms. The summed E-state index contributed by atoms with van der Waals surface area (Å²) in [5, 5.41) is 0. The van der Waals surface area contributed by atoms with Gasteiger partial charge in [-0.05, 0) is 18.6 Å². The van der Waals surface area contributed by atoms with Crippen LogP contribution in [0.2, 0.25) is 0 Å². The number of hydrogen-bond donors (Lipinski definition) is 0. The molecule has 2 radical (unpaired) electrons. The Morgan fingerprint density at radius 3 is 3.00 bits per heavy atom. The third kappa shape index (κ3) is 0.917. The molecule has 1 unspecified atom stereocenters. The molecule has 1 atom stereocenters. The molecule has 2 rings (SSSR count). The molecule has 1 aromatic carbocycles. The average Bonchev–Trinajstić information content (AvgIpc) is 2.34. The maximum atomic E-state index is 5.24. The monoisotopic (exact) mass is 146 g/mol. The minimum absolute atomic E-state index is 0.325. The van der Waals surface area contributed by atoms with Crippen LogP contribution < -0.4 is 4.74 Å². The molecule has 0 amide bonds. The molecule has 0 saturated heterocycles. The van der Waals surface area contributed by atoms with Gasteiger partial charge < -0.3 is 4.74 Å². The number of fused-ring (bicyclic) bond motifs is 1. The molecule has 1 nitrogen and oxygen atoms in total. The van der Waals surface area contributed by atoms with Crippen LogP contribution in [0.4, 0.5) is 0 Å². The van der Waals surface area contributed by atoms with E-state index in [4.69, 9.17) is 4.74 Å². The lowest BCUT2D eigenvalue weighted by Gasteiger charge is -2.02. The van der Waals surface area contributed by atoms with Gasteiger partial charge in [-0.3, -0.25) is 0 Å². The van der Waals surface area contributed by atoms with Gasteiger partial charge in [0.05, 0.1) is 0 Å². The van der Waals surface area contributed by atoms with Crippen molar-refractivity contribution in [2.24, 2.45) is 0 Å². The summed E-state index contributed by atoms with van der Waals surface area (Å²) in [6.45, 7) is 7.12. The SMILES string of the molecule is Cc1cccc2c1C(C)[C]O2. The molecular weight excluding hydrogens is 136 g/mol. The van der Waals surface area contributed by atoms with Gasteiger partial charge in [0.2, 0.25) is 6.61 Å². The van der Waals surface area contributed by atoms with Gasteiger partial charge in [0.1, 0.15) is 5.75 Å². The first-order valence-corrected chi connectivity index (χ1v) is 3.81. The smallest absolute Gasteiger partial charge is 0.204 e. The fourth-order valence-corrected chi connectivity index (χ4v) is 1.51. The Bertz CT molecular complexity index is 278. The van der Waals surface area contributed by atoms with Crippen molar-refractivity contribution in [1.29, 1.82) is 0 Å². The number of benzene rings is 1. The topological polar surface area (TPSA) is 9.23 Å². The van der Waals surface area contributed by atoms with Crippen LogP contribution in [0, 0.1) is 13.5 Å². The summed E-state index contributed by atoms with van der Waals surface area (Å²) in [5.41, 5.74) is 2.58. The minimum atomic E-state index is 0.325. The van der Waals surface area contributed by atoms with Crippen LogP contribution >= 0.6 is 0 Å². The molecule has 1 aliphatic heterocycles. The van der Waals surface area contributed by atoms with E-state index >= 15 is 0 Å². The highest BCUT2D eigenvalue weighted by Crippen LogP contribution is 2.37. The van der Waals surface area contributed by atoms with Crippen molar-refractivity contribution in [2.75, 3.05) is 0 Å². The number of aryl methyl sites for hydroxylation is 1. The molecule has 0 N–H and O–H groups in total. The lowest BCUT2D eigenvalue weighted by molar-refractivity contribution is 0.420. The van der Waals surface area contributed by atoms with Crippen LogP contribution in [-0.2, 0) is 0 Å². The standard InChI is InChI=1S/C10H10O/c1-7-4-3-5-9-10(7)8(2)6-11-9/h3-5,8H,1-2H3. The summed E-state index contributed by atoms with van der Waals surface area (Å²) in [4.78, 5) is 0. The molecule has 0 aliphatic carbocycles. The van der Waals surface area contributed by atoms with Crippen molar-refractivity contribution in [3.8, 4) is 5.75 Å². The Kier molecular flexibility index (Phi) is 1.38. The fraction of sp³-hybridized carbons (Fsp3) is 0.300. The fourth-order valence-electron chi connectivity index (χ4n) is 1.51. The number of rotatable bonds is 0. The van der Waals surface area contributed by atoms with E-state index in [0.29, 0.717) is 5.92 Å². The zero-order chi connectivity index (χ0) is 7.84. The predicted octanol–water partition coefficient (Wildman–Crippen LogP) is 2.53. The Balaban J connectivity index is 2.58. The molecule has 56 valence electrons. The van der Waals surface area contributed by atoms with Gasteiger partial charge >= 0.3 is 0 Å². The zero-order valence-electron chi connectivity index (χ0n) is 6.72. The molecule has 1 heterocycles. The van der Waals surface area contributed by atoms with Crippen LogP contribution in [0.5, 0.6) is 5.75 Å². The highest BCUT2D eigenvalue weighted by Gasteiger charge is 2.22.